The standard InChI is InChI=1S/C15H18N4O3/c1-2-19-10-13(9-16-19)18-15(22)17-12-5-3-4-11(8-12)6-7-14(20)21/h3-5,8-10H,2,6-7H2,1H3,(H,20,21)(H2,17,18,22). The first kappa shape index (κ1) is 15.6. The molecule has 0 unspecified atom stereocenters. The zero-order valence-corrected chi connectivity index (χ0v) is 12.2. The van der Waals surface area contributed by atoms with Crippen LogP contribution in [0.25, 0.3) is 0 Å². The number of carboxylic acid groups (broad SMARTS) is 1. The maximum absolute atomic E-state index is 11.9. The highest BCUT2D eigenvalue weighted by molar-refractivity contribution is 5.99. The Morgan fingerprint density at radius 1 is 1.27 bits per heavy atom. The number of aromatic nitrogens is 2. The normalized spacial score (nSPS) is 10.2. The third-order valence-corrected chi connectivity index (χ3v) is 3.03. The average molecular weight is 302 g/mol. The molecule has 0 radical (unpaired) electrons. The molecule has 7 heteroatoms. The smallest absolute Gasteiger partial charge is 0.323 e. The predicted molar refractivity (Wildman–Crippen MR) is 82.9 cm³/mol. The Hall–Kier alpha value is -2.83. The number of hydrogen-bond acceptors (Lipinski definition) is 3. The van der Waals surface area contributed by atoms with Crippen LogP contribution in [0.4, 0.5) is 16.2 Å². The van der Waals surface area contributed by atoms with Gasteiger partial charge in [0, 0.05) is 24.8 Å². The van der Waals surface area contributed by atoms with Gasteiger partial charge in [-0.2, -0.15) is 5.10 Å². The molecular formula is C15H18N4O3. The van der Waals surface area contributed by atoms with E-state index in [0.29, 0.717) is 17.8 Å². The lowest BCUT2D eigenvalue weighted by atomic mass is 10.1. The van der Waals surface area contributed by atoms with Crippen LogP contribution < -0.4 is 10.6 Å². The second-order valence-corrected chi connectivity index (χ2v) is 4.76. The molecule has 0 aliphatic heterocycles. The monoisotopic (exact) mass is 302 g/mol. The number of benzene rings is 1. The van der Waals surface area contributed by atoms with Crippen LogP contribution in [0.15, 0.2) is 36.7 Å². The van der Waals surface area contributed by atoms with Gasteiger partial charge in [-0.05, 0) is 31.0 Å². The lowest BCUT2D eigenvalue weighted by Crippen LogP contribution is -2.19. The highest BCUT2D eigenvalue weighted by Crippen LogP contribution is 2.13. The summed E-state index contributed by atoms with van der Waals surface area (Å²) in [6.45, 7) is 2.69. The topological polar surface area (TPSA) is 96.2 Å². The predicted octanol–water partition coefficient (Wildman–Crippen LogP) is 2.56. The van der Waals surface area contributed by atoms with Crippen molar-refractivity contribution in [2.75, 3.05) is 10.6 Å². The molecule has 0 spiro atoms. The molecule has 3 N–H and O–H groups in total. The van der Waals surface area contributed by atoms with E-state index < -0.39 is 5.97 Å². The Morgan fingerprint density at radius 2 is 2.05 bits per heavy atom. The van der Waals surface area contributed by atoms with Crippen molar-refractivity contribution in [1.82, 2.24) is 9.78 Å². The van der Waals surface area contributed by atoms with Gasteiger partial charge in [0.1, 0.15) is 0 Å². The molecule has 2 aromatic rings. The zero-order valence-electron chi connectivity index (χ0n) is 12.2. The van der Waals surface area contributed by atoms with Crippen molar-refractivity contribution in [2.24, 2.45) is 0 Å². The van der Waals surface area contributed by atoms with Gasteiger partial charge in [-0.3, -0.25) is 9.48 Å². The fourth-order valence-electron chi connectivity index (χ4n) is 1.95. The van der Waals surface area contributed by atoms with Crippen molar-refractivity contribution < 1.29 is 14.7 Å². The number of carboxylic acids is 1. The quantitative estimate of drug-likeness (QED) is 0.764. The first-order valence-corrected chi connectivity index (χ1v) is 6.98. The number of urea groups is 1. The van der Waals surface area contributed by atoms with Gasteiger partial charge in [0.05, 0.1) is 11.9 Å². The molecule has 22 heavy (non-hydrogen) atoms. The van der Waals surface area contributed by atoms with Crippen molar-refractivity contribution in [2.45, 2.75) is 26.3 Å². The summed E-state index contributed by atoms with van der Waals surface area (Å²) < 4.78 is 1.71. The van der Waals surface area contributed by atoms with Gasteiger partial charge >= 0.3 is 12.0 Å². The molecule has 1 heterocycles. The summed E-state index contributed by atoms with van der Waals surface area (Å²) >= 11 is 0. The number of aryl methyl sites for hydroxylation is 2. The SMILES string of the molecule is CCn1cc(NC(=O)Nc2cccc(CCC(=O)O)c2)cn1. The van der Waals surface area contributed by atoms with E-state index in [-0.39, 0.29) is 12.5 Å². The van der Waals surface area contributed by atoms with E-state index in [1.807, 2.05) is 13.0 Å². The Kier molecular flexibility index (Phi) is 5.13. The molecule has 0 saturated heterocycles. The van der Waals surface area contributed by atoms with Gasteiger partial charge in [-0.1, -0.05) is 12.1 Å². The lowest BCUT2D eigenvalue weighted by molar-refractivity contribution is -0.136. The van der Waals surface area contributed by atoms with Gasteiger partial charge in [0.2, 0.25) is 0 Å². The molecule has 1 aromatic carbocycles. The Bertz CT molecular complexity index is 666. The summed E-state index contributed by atoms with van der Waals surface area (Å²) in [4.78, 5) is 22.5. The van der Waals surface area contributed by atoms with Gasteiger partial charge in [-0.15, -0.1) is 0 Å². The lowest BCUT2D eigenvalue weighted by Gasteiger charge is -2.07. The van der Waals surface area contributed by atoms with E-state index in [1.54, 1.807) is 35.3 Å². The fraction of sp³-hybridized carbons (Fsp3) is 0.267. The summed E-state index contributed by atoms with van der Waals surface area (Å²) in [5.74, 6) is -0.843. The highest BCUT2D eigenvalue weighted by Gasteiger charge is 2.06. The van der Waals surface area contributed by atoms with Gasteiger partial charge in [0.15, 0.2) is 0 Å². The summed E-state index contributed by atoms with van der Waals surface area (Å²) in [5, 5.41) is 18.2. The van der Waals surface area contributed by atoms with Crippen molar-refractivity contribution in [3.8, 4) is 0 Å². The van der Waals surface area contributed by atoms with Crippen LogP contribution in [0, 0.1) is 0 Å². The van der Waals surface area contributed by atoms with Crippen molar-refractivity contribution in [3.05, 3.63) is 42.2 Å². The summed E-state index contributed by atoms with van der Waals surface area (Å²) in [5.41, 5.74) is 2.09. The second-order valence-electron chi connectivity index (χ2n) is 4.76. The Morgan fingerprint density at radius 3 is 2.73 bits per heavy atom. The number of rotatable bonds is 6. The number of nitrogens with one attached hydrogen (secondary N) is 2. The Labute approximate surface area is 128 Å². The van der Waals surface area contributed by atoms with Crippen molar-refractivity contribution in [3.63, 3.8) is 0 Å². The second kappa shape index (κ2) is 7.26. The van der Waals surface area contributed by atoms with E-state index in [0.717, 1.165) is 12.1 Å². The zero-order chi connectivity index (χ0) is 15.9. The van der Waals surface area contributed by atoms with Crippen LogP contribution in [0.1, 0.15) is 18.9 Å². The average Bonchev–Trinajstić information content (AvgIpc) is 2.93. The molecule has 0 aliphatic carbocycles. The van der Waals surface area contributed by atoms with E-state index in [2.05, 4.69) is 15.7 Å². The van der Waals surface area contributed by atoms with Crippen LogP contribution >= 0.6 is 0 Å². The number of amides is 2. The molecular weight excluding hydrogens is 284 g/mol. The van der Waals surface area contributed by atoms with Crippen LogP contribution in [0.3, 0.4) is 0 Å². The molecule has 7 nitrogen and oxygen atoms in total. The van der Waals surface area contributed by atoms with E-state index in [4.69, 9.17) is 5.11 Å². The first-order valence-electron chi connectivity index (χ1n) is 6.98. The highest BCUT2D eigenvalue weighted by atomic mass is 16.4. The number of hydrogen-bond donors (Lipinski definition) is 3. The number of carbonyl (C=O) groups excluding carboxylic acids is 1. The molecule has 0 aliphatic rings. The maximum Gasteiger partial charge on any atom is 0.323 e. The number of aliphatic carboxylic acids is 1. The van der Waals surface area contributed by atoms with E-state index >= 15 is 0 Å². The fourth-order valence-corrected chi connectivity index (χ4v) is 1.95. The first-order chi connectivity index (χ1) is 10.6. The number of carbonyl (C=O) groups is 2. The van der Waals surface area contributed by atoms with Crippen LogP contribution in [0.5, 0.6) is 0 Å². The van der Waals surface area contributed by atoms with Gasteiger partial charge in [-0.25, -0.2) is 4.79 Å². The maximum atomic E-state index is 11.9. The number of nitrogens with zero attached hydrogens (tertiary/aromatic N) is 2. The van der Waals surface area contributed by atoms with Crippen molar-refractivity contribution >= 4 is 23.4 Å². The van der Waals surface area contributed by atoms with Crippen molar-refractivity contribution in [1.29, 1.82) is 0 Å². The molecule has 0 bridgehead atoms. The van der Waals surface area contributed by atoms with E-state index in [9.17, 15) is 9.59 Å². The molecule has 2 amide bonds. The van der Waals surface area contributed by atoms with Gasteiger partial charge < -0.3 is 15.7 Å². The molecule has 1 aromatic heterocycles. The molecule has 0 atom stereocenters. The van der Waals surface area contributed by atoms with Gasteiger partial charge in [0.25, 0.3) is 0 Å². The Balaban J connectivity index is 1.93. The summed E-state index contributed by atoms with van der Waals surface area (Å²) in [6.07, 6.45) is 3.80. The number of anilines is 2. The third-order valence-electron chi connectivity index (χ3n) is 3.03. The summed E-state index contributed by atoms with van der Waals surface area (Å²) in [7, 11) is 0. The third kappa shape index (κ3) is 4.62. The van der Waals surface area contributed by atoms with Crippen LogP contribution in [-0.2, 0) is 17.8 Å². The molecule has 116 valence electrons. The molecule has 2 rings (SSSR count). The molecule has 0 saturated carbocycles. The minimum atomic E-state index is -0.843. The largest absolute Gasteiger partial charge is 0.481 e. The van der Waals surface area contributed by atoms with E-state index in [1.165, 1.54) is 0 Å². The van der Waals surface area contributed by atoms with Crippen LogP contribution in [-0.4, -0.2) is 26.9 Å². The minimum absolute atomic E-state index is 0.0614. The molecule has 0 fully saturated rings. The van der Waals surface area contributed by atoms with Crippen LogP contribution in [0.2, 0.25) is 0 Å². The summed E-state index contributed by atoms with van der Waals surface area (Å²) in [6, 6.07) is 6.75. The minimum Gasteiger partial charge on any atom is -0.481 e.